The topological polar surface area (TPSA) is 20.3 Å². The average Bonchev–Trinajstić information content (AvgIpc) is 3.14. The second-order valence-corrected chi connectivity index (χ2v) is 6.37. The van der Waals surface area contributed by atoms with Gasteiger partial charge in [0.05, 0.1) is 0 Å². The maximum atomic E-state index is 11.6. The van der Waals surface area contributed by atoms with Gasteiger partial charge >= 0.3 is 0 Å². The number of allylic oxidation sites excluding steroid dienone is 3. The number of amides is 1. The molecule has 2 aliphatic carbocycles. The summed E-state index contributed by atoms with van der Waals surface area (Å²) in [5.74, 6) is 2.28. The van der Waals surface area contributed by atoms with Gasteiger partial charge in [-0.2, -0.15) is 0 Å². The van der Waals surface area contributed by atoms with E-state index in [2.05, 4.69) is 32.1 Å². The Morgan fingerprint density at radius 1 is 1.42 bits per heavy atom. The van der Waals surface area contributed by atoms with Gasteiger partial charge in [0.25, 0.3) is 0 Å². The number of hydrogen-bond acceptors (Lipinski definition) is 1. The molecule has 1 saturated carbocycles. The number of carbonyl (C=O) groups excluding carboxylic acids is 1. The highest BCUT2D eigenvalue weighted by molar-refractivity contribution is 5.73. The van der Waals surface area contributed by atoms with Crippen LogP contribution in [0.3, 0.4) is 0 Å². The molecule has 106 valence electrons. The Morgan fingerprint density at radius 3 is 2.74 bits per heavy atom. The van der Waals surface area contributed by atoms with Crippen LogP contribution < -0.4 is 0 Å². The summed E-state index contributed by atoms with van der Waals surface area (Å²) in [6, 6.07) is 0. The summed E-state index contributed by atoms with van der Waals surface area (Å²) in [6.45, 7) is 7.95. The van der Waals surface area contributed by atoms with E-state index in [-0.39, 0.29) is 5.91 Å². The molecule has 2 aliphatic rings. The maximum Gasteiger partial charge on any atom is 0.219 e. The van der Waals surface area contributed by atoms with E-state index < -0.39 is 0 Å². The molecule has 2 heteroatoms. The van der Waals surface area contributed by atoms with Gasteiger partial charge in [0.15, 0.2) is 0 Å². The van der Waals surface area contributed by atoms with Crippen LogP contribution in [0.1, 0.15) is 46.5 Å². The third-order valence-electron chi connectivity index (χ3n) is 4.42. The molecular weight excluding hydrogens is 234 g/mol. The Balaban J connectivity index is 1.82. The smallest absolute Gasteiger partial charge is 0.219 e. The lowest BCUT2D eigenvalue weighted by Crippen LogP contribution is -2.31. The Kier molecular flexibility index (Phi) is 4.84. The van der Waals surface area contributed by atoms with Crippen LogP contribution in [-0.4, -0.2) is 23.9 Å². The van der Waals surface area contributed by atoms with Crippen LogP contribution in [0.5, 0.6) is 0 Å². The van der Waals surface area contributed by atoms with Gasteiger partial charge in [0.2, 0.25) is 5.91 Å². The van der Waals surface area contributed by atoms with E-state index in [9.17, 15) is 4.79 Å². The van der Waals surface area contributed by atoms with Crippen LogP contribution in [0.2, 0.25) is 0 Å². The fourth-order valence-corrected chi connectivity index (χ4v) is 2.89. The van der Waals surface area contributed by atoms with E-state index in [4.69, 9.17) is 0 Å². The summed E-state index contributed by atoms with van der Waals surface area (Å²) >= 11 is 0. The molecule has 0 radical (unpaired) electrons. The highest BCUT2D eigenvalue weighted by Crippen LogP contribution is 2.30. The van der Waals surface area contributed by atoms with Gasteiger partial charge in [0.1, 0.15) is 0 Å². The number of hydrogen-bond donors (Lipinski definition) is 0. The van der Waals surface area contributed by atoms with Crippen LogP contribution >= 0.6 is 0 Å². The standard InChI is InChI=1S/C17H27NO/c1-13-6-9-17(14(2)11-13)5-4-10-18(15(3)19)12-16-7-8-16/h4-5,11,14,16-17H,6-10,12H2,1-3H3. The van der Waals surface area contributed by atoms with Crippen molar-refractivity contribution in [3.63, 3.8) is 0 Å². The molecule has 2 rings (SSSR count). The Hall–Kier alpha value is -1.05. The maximum absolute atomic E-state index is 11.6. The van der Waals surface area contributed by atoms with Gasteiger partial charge in [0, 0.05) is 20.0 Å². The van der Waals surface area contributed by atoms with Crippen LogP contribution in [0.25, 0.3) is 0 Å². The molecule has 19 heavy (non-hydrogen) atoms. The normalized spacial score (nSPS) is 27.4. The first kappa shape index (κ1) is 14.4. The van der Waals surface area contributed by atoms with Gasteiger partial charge < -0.3 is 4.90 Å². The molecule has 1 fully saturated rings. The monoisotopic (exact) mass is 261 g/mol. The zero-order valence-electron chi connectivity index (χ0n) is 12.6. The molecule has 2 unspecified atom stereocenters. The third-order valence-corrected chi connectivity index (χ3v) is 4.42. The zero-order chi connectivity index (χ0) is 13.8. The summed E-state index contributed by atoms with van der Waals surface area (Å²) in [5.41, 5.74) is 1.52. The highest BCUT2D eigenvalue weighted by atomic mass is 16.2. The van der Waals surface area contributed by atoms with Crippen molar-refractivity contribution >= 4 is 5.91 Å². The lowest BCUT2D eigenvalue weighted by Gasteiger charge is -2.25. The molecule has 2 nitrogen and oxygen atoms in total. The van der Waals surface area contributed by atoms with Crippen LogP contribution in [-0.2, 0) is 4.79 Å². The third kappa shape index (κ3) is 4.52. The first-order chi connectivity index (χ1) is 9.06. The minimum absolute atomic E-state index is 0.212. The van der Waals surface area contributed by atoms with Crippen molar-refractivity contribution in [3.8, 4) is 0 Å². The molecule has 0 N–H and O–H groups in total. The number of nitrogens with zero attached hydrogens (tertiary/aromatic N) is 1. The predicted molar refractivity (Wildman–Crippen MR) is 79.8 cm³/mol. The molecule has 0 spiro atoms. The molecule has 0 saturated heterocycles. The van der Waals surface area contributed by atoms with Gasteiger partial charge in [-0.15, -0.1) is 0 Å². The summed E-state index contributed by atoms with van der Waals surface area (Å²) < 4.78 is 0. The summed E-state index contributed by atoms with van der Waals surface area (Å²) in [4.78, 5) is 13.6. The first-order valence-electron chi connectivity index (χ1n) is 7.65. The molecule has 0 aromatic heterocycles. The molecule has 0 aromatic carbocycles. The van der Waals surface area contributed by atoms with E-state index in [1.165, 1.54) is 31.3 Å². The second-order valence-electron chi connectivity index (χ2n) is 6.37. The van der Waals surface area contributed by atoms with Gasteiger partial charge in [-0.1, -0.05) is 30.7 Å². The molecule has 0 bridgehead atoms. The minimum atomic E-state index is 0.212. The van der Waals surface area contributed by atoms with E-state index in [1.807, 2.05) is 4.90 Å². The molecule has 0 aromatic rings. The SMILES string of the molecule is CC(=O)N(CC=CC1CCC(C)=CC1C)CC1CC1. The Morgan fingerprint density at radius 2 is 2.16 bits per heavy atom. The molecular formula is C17H27NO. The minimum Gasteiger partial charge on any atom is -0.339 e. The van der Waals surface area contributed by atoms with Gasteiger partial charge in [-0.05, 0) is 50.4 Å². The summed E-state index contributed by atoms with van der Waals surface area (Å²) in [5, 5.41) is 0. The average molecular weight is 261 g/mol. The van der Waals surface area contributed by atoms with Crippen molar-refractivity contribution in [1.82, 2.24) is 4.90 Å². The van der Waals surface area contributed by atoms with Crippen molar-refractivity contribution < 1.29 is 4.79 Å². The number of rotatable bonds is 5. The molecule has 0 aliphatic heterocycles. The Bertz CT molecular complexity index is 379. The highest BCUT2D eigenvalue weighted by Gasteiger charge is 2.25. The van der Waals surface area contributed by atoms with Crippen molar-refractivity contribution in [2.75, 3.05) is 13.1 Å². The van der Waals surface area contributed by atoms with Crippen LogP contribution in [0.15, 0.2) is 23.8 Å². The summed E-state index contributed by atoms with van der Waals surface area (Å²) in [6.07, 6.45) is 12.0. The van der Waals surface area contributed by atoms with Crippen molar-refractivity contribution in [2.24, 2.45) is 17.8 Å². The lowest BCUT2D eigenvalue weighted by molar-refractivity contribution is -0.128. The van der Waals surface area contributed by atoms with Crippen molar-refractivity contribution in [3.05, 3.63) is 23.8 Å². The molecule has 1 amide bonds. The number of carbonyl (C=O) groups is 1. The lowest BCUT2D eigenvalue weighted by atomic mass is 9.82. The predicted octanol–water partition coefficient (Wildman–Crippen LogP) is 3.79. The van der Waals surface area contributed by atoms with Gasteiger partial charge in [-0.3, -0.25) is 4.79 Å². The van der Waals surface area contributed by atoms with Crippen LogP contribution in [0, 0.1) is 17.8 Å². The molecule has 2 atom stereocenters. The Labute approximate surface area is 117 Å². The van der Waals surface area contributed by atoms with E-state index in [0.29, 0.717) is 11.8 Å². The second kappa shape index (κ2) is 6.40. The first-order valence-corrected chi connectivity index (χ1v) is 7.65. The zero-order valence-corrected chi connectivity index (χ0v) is 12.6. The van der Waals surface area contributed by atoms with E-state index in [0.717, 1.165) is 19.0 Å². The van der Waals surface area contributed by atoms with Crippen molar-refractivity contribution in [2.45, 2.75) is 46.5 Å². The van der Waals surface area contributed by atoms with Crippen LogP contribution in [0.4, 0.5) is 0 Å². The fourth-order valence-electron chi connectivity index (χ4n) is 2.89. The fraction of sp³-hybridized carbons (Fsp3) is 0.706. The largest absolute Gasteiger partial charge is 0.339 e. The summed E-state index contributed by atoms with van der Waals surface area (Å²) in [7, 11) is 0. The van der Waals surface area contributed by atoms with E-state index in [1.54, 1.807) is 6.92 Å². The van der Waals surface area contributed by atoms with E-state index >= 15 is 0 Å². The van der Waals surface area contributed by atoms with Crippen molar-refractivity contribution in [1.29, 1.82) is 0 Å². The quantitative estimate of drug-likeness (QED) is 0.689. The molecule has 0 heterocycles. The van der Waals surface area contributed by atoms with Gasteiger partial charge in [-0.25, -0.2) is 0 Å².